The largest absolute Gasteiger partial charge is 0.0732 e. The fourth-order valence-corrected chi connectivity index (χ4v) is 6.01. The van der Waals surface area contributed by atoms with Crippen molar-refractivity contribution in [3.8, 4) is 0 Å². The average molecular weight is 284 g/mol. The summed E-state index contributed by atoms with van der Waals surface area (Å²) in [7, 11) is -0.116. The van der Waals surface area contributed by atoms with E-state index in [2.05, 4.69) is 88.4 Å². The summed E-state index contributed by atoms with van der Waals surface area (Å²) in [6.07, 6.45) is 13.1. The van der Waals surface area contributed by atoms with Gasteiger partial charge in [0.05, 0.1) is 0 Å². The van der Waals surface area contributed by atoms with Gasteiger partial charge in [0.25, 0.3) is 0 Å². The van der Waals surface area contributed by atoms with Gasteiger partial charge in [-0.15, -0.1) is 0 Å². The fourth-order valence-electron chi connectivity index (χ4n) is 2.92. The molecule has 0 aliphatic heterocycles. The maximum Gasteiger partial charge on any atom is 0.0211 e. The van der Waals surface area contributed by atoms with Crippen LogP contribution >= 0.6 is 7.92 Å². The Bertz CT molecular complexity index is 496. The Morgan fingerprint density at radius 3 is 1.90 bits per heavy atom. The molecule has 1 aromatic carbocycles. The van der Waals surface area contributed by atoms with Gasteiger partial charge in [-0.1, -0.05) is 96.3 Å². The topological polar surface area (TPSA) is 0 Å². The molecule has 0 bridgehead atoms. The molecule has 0 heterocycles. The molecule has 106 valence electrons. The first-order valence-electron chi connectivity index (χ1n) is 7.50. The first kappa shape index (κ1) is 15.3. The van der Waals surface area contributed by atoms with Gasteiger partial charge in [0, 0.05) is 5.92 Å². The molecule has 20 heavy (non-hydrogen) atoms. The summed E-state index contributed by atoms with van der Waals surface area (Å²) in [5.74, 6) is 0.406. The highest BCUT2D eigenvalue weighted by molar-refractivity contribution is 7.67. The maximum atomic E-state index is 2.36. The third-order valence-electron chi connectivity index (χ3n) is 3.66. The molecule has 0 saturated heterocycles. The van der Waals surface area contributed by atoms with Gasteiger partial charge in [-0.2, -0.15) is 0 Å². The third-order valence-corrected chi connectivity index (χ3v) is 6.85. The van der Waals surface area contributed by atoms with Crippen molar-refractivity contribution in [2.75, 3.05) is 0 Å². The lowest BCUT2D eigenvalue weighted by Crippen LogP contribution is -2.19. The molecule has 0 nitrogen and oxygen atoms in total. The van der Waals surface area contributed by atoms with E-state index in [0.29, 0.717) is 5.92 Å². The van der Waals surface area contributed by atoms with Crippen LogP contribution in [0.25, 0.3) is 0 Å². The van der Waals surface area contributed by atoms with E-state index in [9.17, 15) is 0 Å². The molecular formula is C19H25P. The van der Waals surface area contributed by atoms with E-state index in [-0.39, 0.29) is 7.92 Å². The van der Waals surface area contributed by atoms with Gasteiger partial charge in [0.1, 0.15) is 0 Å². The second-order valence-corrected chi connectivity index (χ2v) is 9.20. The monoisotopic (exact) mass is 284 g/mol. The van der Waals surface area contributed by atoms with Gasteiger partial charge in [-0.05, 0) is 22.2 Å². The smallest absolute Gasteiger partial charge is 0.0211 e. The summed E-state index contributed by atoms with van der Waals surface area (Å²) in [6.45, 7) is 9.46. The van der Waals surface area contributed by atoms with Crippen molar-refractivity contribution in [2.24, 2.45) is 0 Å². The lowest BCUT2D eigenvalue weighted by molar-refractivity contribution is 1.01. The summed E-state index contributed by atoms with van der Waals surface area (Å²) in [4.78, 5) is 0. The Kier molecular flexibility index (Phi) is 5.38. The molecule has 0 N–H and O–H groups in total. The molecule has 1 heteroatoms. The van der Waals surface area contributed by atoms with Crippen molar-refractivity contribution in [1.29, 1.82) is 0 Å². The van der Waals surface area contributed by atoms with Crippen molar-refractivity contribution in [1.82, 2.24) is 0 Å². The van der Waals surface area contributed by atoms with E-state index >= 15 is 0 Å². The molecule has 0 saturated carbocycles. The lowest BCUT2D eigenvalue weighted by atomic mass is 9.98. The van der Waals surface area contributed by atoms with Gasteiger partial charge in [-0.25, -0.2) is 0 Å². The Morgan fingerprint density at radius 1 is 0.800 bits per heavy atom. The molecule has 1 aliphatic carbocycles. The van der Waals surface area contributed by atoms with Crippen molar-refractivity contribution in [3.05, 3.63) is 66.3 Å². The minimum absolute atomic E-state index is 0.116. The Hall–Kier alpha value is -1.13. The van der Waals surface area contributed by atoms with Gasteiger partial charge in [0.15, 0.2) is 0 Å². The maximum absolute atomic E-state index is 2.36. The molecule has 1 aliphatic rings. The van der Waals surface area contributed by atoms with Crippen molar-refractivity contribution < 1.29 is 0 Å². The van der Waals surface area contributed by atoms with Crippen LogP contribution in [0.1, 0.15) is 39.2 Å². The van der Waals surface area contributed by atoms with Crippen molar-refractivity contribution in [2.45, 2.75) is 44.9 Å². The van der Waals surface area contributed by atoms with E-state index in [1.54, 1.807) is 5.30 Å². The van der Waals surface area contributed by atoms with Crippen molar-refractivity contribution >= 4 is 13.2 Å². The quantitative estimate of drug-likeness (QED) is 0.651. The SMILES string of the molecule is CC(C)P(c1ccccc1C1C=CC=CC=C1)C(C)C. The highest BCUT2D eigenvalue weighted by Crippen LogP contribution is 2.46. The molecule has 0 fully saturated rings. The van der Waals surface area contributed by atoms with E-state index in [1.165, 1.54) is 5.56 Å². The highest BCUT2D eigenvalue weighted by Gasteiger charge is 2.23. The molecule has 0 amide bonds. The van der Waals surface area contributed by atoms with Crippen LogP contribution in [0.15, 0.2) is 60.7 Å². The van der Waals surface area contributed by atoms with E-state index < -0.39 is 0 Å². The minimum Gasteiger partial charge on any atom is -0.0732 e. The third kappa shape index (κ3) is 3.49. The molecule has 0 radical (unpaired) electrons. The zero-order valence-electron chi connectivity index (χ0n) is 13.0. The number of allylic oxidation sites excluding steroid dienone is 6. The first-order chi connectivity index (χ1) is 9.61. The van der Waals surface area contributed by atoms with Crippen LogP contribution < -0.4 is 5.30 Å². The van der Waals surface area contributed by atoms with Crippen LogP contribution in [0, 0.1) is 0 Å². The number of hydrogen-bond donors (Lipinski definition) is 0. The van der Waals surface area contributed by atoms with Crippen LogP contribution in [0.2, 0.25) is 0 Å². The number of hydrogen-bond acceptors (Lipinski definition) is 0. The molecule has 0 atom stereocenters. The van der Waals surface area contributed by atoms with E-state index in [1.807, 2.05) is 0 Å². The van der Waals surface area contributed by atoms with Crippen molar-refractivity contribution in [3.63, 3.8) is 0 Å². The van der Waals surface area contributed by atoms with Crippen LogP contribution in [-0.4, -0.2) is 11.3 Å². The second kappa shape index (κ2) is 7.04. The van der Waals surface area contributed by atoms with Crippen LogP contribution in [0.4, 0.5) is 0 Å². The van der Waals surface area contributed by atoms with E-state index in [4.69, 9.17) is 0 Å². The Balaban J connectivity index is 2.44. The molecule has 0 aromatic heterocycles. The molecular weight excluding hydrogens is 259 g/mol. The van der Waals surface area contributed by atoms with E-state index in [0.717, 1.165) is 11.3 Å². The summed E-state index contributed by atoms with van der Waals surface area (Å²) < 4.78 is 0. The summed E-state index contributed by atoms with van der Waals surface area (Å²) in [6, 6.07) is 9.02. The van der Waals surface area contributed by atoms with Gasteiger partial charge < -0.3 is 0 Å². The number of rotatable bonds is 4. The Labute approximate surface area is 125 Å². The summed E-state index contributed by atoms with van der Waals surface area (Å²) >= 11 is 0. The molecule has 1 aromatic rings. The Morgan fingerprint density at radius 2 is 1.35 bits per heavy atom. The van der Waals surface area contributed by atoms with Gasteiger partial charge in [-0.3, -0.25) is 0 Å². The average Bonchev–Trinajstić information content (AvgIpc) is 2.67. The zero-order valence-corrected chi connectivity index (χ0v) is 13.8. The summed E-state index contributed by atoms with van der Waals surface area (Å²) in [5.41, 5.74) is 2.93. The van der Waals surface area contributed by atoms with Crippen LogP contribution in [-0.2, 0) is 0 Å². The molecule has 0 unspecified atom stereocenters. The minimum atomic E-state index is -0.116. The standard InChI is InChI=1S/C19H25P/c1-15(2)20(16(3)4)19-14-10-9-13-18(19)17-11-7-5-6-8-12-17/h5-17H,1-4H3. The summed E-state index contributed by atoms with van der Waals surface area (Å²) in [5, 5.41) is 1.58. The van der Waals surface area contributed by atoms with Gasteiger partial charge in [0.2, 0.25) is 0 Å². The zero-order chi connectivity index (χ0) is 14.5. The van der Waals surface area contributed by atoms with Crippen LogP contribution in [0.3, 0.4) is 0 Å². The lowest BCUT2D eigenvalue weighted by Gasteiger charge is -2.29. The van der Waals surface area contributed by atoms with Gasteiger partial charge >= 0.3 is 0 Å². The molecule has 0 spiro atoms. The second-order valence-electron chi connectivity index (χ2n) is 5.83. The van der Waals surface area contributed by atoms with Crippen LogP contribution in [0.5, 0.6) is 0 Å². The molecule has 2 rings (SSSR count). The number of benzene rings is 1. The predicted octanol–water partition coefficient (Wildman–Crippen LogP) is 5.38. The fraction of sp³-hybridized carbons (Fsp3) is 0.368. The first-order valence-corrected chi connectivity index (χ1v) is 8.98. The predicted molar refractivity (Wildman–Crippen MR) is 93.4 cm³/mol. The normalized spacial score (nSPS) is 15.6. The highest BCUT2D eigenvalue weighted by atomic mass is 31.1.